The van der Waals surface area contributed by atoms with Crippen LogP contribution in [-0.2, 0) is 9.53 Å². The molecule has 6 nitrogen and oxygen atoms in total. The molecule has 0 aromatic heterocycles. The molecule has 1 aliphatic heterocycles. The van der Waals surface area contributed by atoms with Crippen LogP contribution in [0.4, 0.5) is 5.69 Å². The maximum atomic E-state index is 12.2. The first kappa shape index (κ1) is 15.2. The van der Waals surface area contributed by atoms with E-state index < -0.39 is 12.1 Å². The molecular formula is C15H20N2O4. The third-order valence-corrected chi connectivity index (χ3v) is 3.48. The Morgan fingerprint density at radius 3 is 2.57 bits per heavy atom. The summed E-state index contributed by atoms with van der Waals surface area (Å²) in [5.41, 5.74) is 6.43. The molecule has 1 atom stereocenters. The Balaban J connectivity index is 2.15. The highest BCUT2D eigenvalue weighted by atomic mass is 16.5. The summed E-state index contributed by atoms with van der Waals surface area (Å²) >= 11 is 0. The number of nitrogens with two attached hydrogens (primary N) is 1. The fraction of sp³-hybridized carbons (Fsp3) is 0.467. The van der Waals surface area contributed by atoms with Crippen LogP contribution in [0.15, 0.2) is 18.2 Å². The van der Waals surface area contributed by atoms with Crippen molar-refractivity contribution in [2.75, 3.05) is 25.9 Å². The van der Waals surface area contributed by atoms with E-state index in [4.69, 9.17) is 15.2 Å². The minimum absolute atomic E-state index is 0.0780. The molecule has 1 aliphatic rings. The molecule has 2 rings (SSSR count). The lowest BCUT2D eigenvalue weighted by molar-refractivity contribution is -0.136. The molecule has 1 aromatic carbocycles. The van der Waals surface area contributed by atoms with Gasteiger partial charge in [-0.1, -0.05) is 0 Å². The number of hydrogen-bond acceptors (Lipinski definition) is 5. The average Bonchev–Trinajstić information content (AvgIpc) is 3.00. The zero-order chi connectivity index (χ0) is 15.4. The van der Waals surface area contributed by atoms with Crippen LogP contribution in [0.25, 0.3) is 0 Å². The maximum Gasteiger partial charge on any atom is 0.341 e. The molecule has 1 heterocycles. The molecule has 1 aromatic rings. The summed E-state index contributed by atoms with van der Waals surface area (Å²) in [4.78, 5) is 25.7. The van der Waals surface area contributed by atoms with Crippen LogP contribution in [0.1, 0.15) is 30.1 Å². The van der Waals surface area contributed by atoms with E-state index >= 15 is 0 Å². The van der Waals surface area contributed by atoms with Crippen molar-refractivity contribution in [2.45, 2.75) is 25.9 Å². The van der Waals surface area contributed by atoms with Gasteiger partial charge in [0, 0.05) is 24.8 Å². The van der Waals surface area contributed by atoms with Gasteiger partial charge in [0.15, 0.2) is 6.10 Å². The van der Waals surface area contributed by atoms with Gasteiger partial charge in [-0.3, -0.25) is 4.79 Å². The number of carbonyl (C=O) groups is 2. The maximum absolute atomic E-state index is 12.2. The second kappa shape index (κ2) is 6.47. The van der Waals surface area contributed by atoms with Crippen molar-refractivity contribution in [3.63, 3.8) is 0 Å². The number of benzene rings is 1. The largest absolute Gasteiger partial charge is 0.480 e. The van der Waals surface area contributed by atoms with Crippen molar-refractivity contribution in [3.05, 3.63) is 23.8 Å². The number of likely N-dealkylation sites (tertiary alicyclic amines) is 1. The summed E-state index contributed by atoms with van der Waals surface area (Å²) < 4.78 is 10.4. The van der Waals surface area contributed by atoms with Gasteiger partial charge in [0.1, 0.15) is 11.3 Å². The van der Waals surface area contributed by atoms with Crippen LogP contribution in [0, 0.1) is 0 Å². The molecule has 0 bridgehead atoms. The summed E-state index contributed by atoms with van der Waals surface area (Å²) in [6.07, 6.45) is 1.36. The second-order valence-electron chi connectivity index (χ2n) is 5.04. The minimum atomic E-state index is -0.673. The smallest absolute Gasteiger partial charge is 0.341 e. The fourth-order valence-electron chi connectivity index (χ4n) is 2.35. The monoisotopic (exact) mass is 292 g/mol. The summed E-state index contributed by atoms with van der Waals surface area (Å²) in [6, 6.07) is 4.65. The van der Waals surface area contributed by atoms with Crippen LogP contribution in [0.5, 0.6) is 5.75 Å². The Morgan fingerprint density at radius 2 is 1.95 bits per heavy atom. The predicted octanol–water partition coefficient (Wildman–Crippen LogP) is 1.45. The van der Waals surface area contributed by atoms with Gasteiger partial charge in [-0.25, -0.2) is 4.79 Å². The van der Waals surface area contributed by atoms with E-state index in [1.165, 1.54) is 19.2 Å². The predicted molar refractivity (Wildman–Crippen MR) is 78.1 cm³/mol. The molecule has 1 unspecified atom stereocenters. The Kier molecular flexibility index (Phi) is 4.67. The second-order valence-corrected chi connectivity index (χ2v) is 5.04. The highest BCUT2D eigenvalue weighted by molar-refractivity contribution is 5.93. The van der Waals surface area contributed by atoms with Crippen LogP contribution < -0.4 is 10.5 Å². The molecule has 6 heteroatoms. The van der Waals surface area contributed by atoms with E-state index in [2.05, 4.69) is 0 Å². The van der Waals surface area contributed by atoms with Crippen molar-refractivity contribution in [1.29, 1.82) is 0 Å². The van der Waals surface area contributed by atoms with Gasteiger partial charge < -0.3 is 20.1 Å². The highest BCUT2D eigenvalue weighted by Crippen LogP contribution is 2.24. The summed E-state index contributed by atoms with van der Waals surface area (Å²) in [5.74, 6) is -0.335. The molecule has 21 heavy (non-hydrogen) atoms. The van der Waals surface area contributed by atoms with Gasteiger partial charge >= 0.3 is 5.97 Å². The molecule has 0 radical (unpaired) electrons. The molecule has 2 N–H and O–H groups in total. The third kappa shape index (κ3) is 3.45. The molecule has 0 aliphatic carbocycles. The van der Waals surface area contributed by atoms with Crippen molar-refractivity contribution in [2.24, 2.45) is 0 Å². The topological polar surface area (TPSA) is 81.9 Å². The number of ether oxygens (including phenoxy) is 2. The number of amides is 1. The van der Waals surface area contributed by atoms with Crippen LogP contribution in [0.2, 0.25) is 0 Å². The van der Waals surface area contributed by atoms with Gasteiger partial charge in [-0.15, -0.1) is 0 Å². The normalized spacial score (nSPS) is 15.6. The zero-order valence-electron chi connectivity index (χ0n) is 12.3. The first-order valence-corrected chi connectivity index (χ1v) is 6.96. The number of carbonyl (C=O) groups excluding carboxylic acids is 2. The highest BCUT2D eigenvalue weighted by Gasteiger charge is 2.26. The molecule has 0 saturated carbocycles. The Hall–Kier alpha value is -2.24. The number of rotatable bonds is 4. The standard InChI is InChI=1S/C15H20N2O4/c1-10(14(18)17-7-3-4-8-17)21-13-9-11(16)5-6-12(13)15(19)20-2/h5-6,9-10H,3-4,7-8,16H2,1-2H3. The minimum Gasteiger partial charge on any atom is -0.480 e. The van der Waals surface area contributed by atoms with Crippen molar-refractivity contribution in [1.82, 2.24) is 4.90 Å². The van der Waals surface area contributed by atoms with Crippen molar-refractivity contribution >= 4 is 17.6 Å². The molecule has 0 spiro atoms. The number of nitrogens with zero attached hydrogens (tertiary/aromatic N) is 1. The Morgan fingerprint density at radius 1 is 1.29 bits per heavy atom. The SMILES string of the molecule is COC(=O)c1ccc(N)cc1OC(C)C(=O)N1CCCC1. The third-order valence-electron chi connectivity index (χ3n) is 3.48. The van der Waals surface area contributed by atoms with Gasteiger partial charge in [-0.2, -0.15) is 0 Å². The van der Waals surface area contributed by atoms with E-state index in [-0.39, 0.29) is 17.2 Å². The average molecular weight is 292 g/mol. The molecular weight excluding hydrogens is 272 g/mol. The van der Waals surface area contributed by atoms with Gasteiger partial charge in [0.2, 0.25) is 0 Å². The van der Waals surface area contributed by atoms with Crippen molar-refractivity contribution < 1.29 is 19.1 Å². The lowest BCUT2D eigenvalue weighted by Crippen LogP contribution is -2.38. The number of esters is 1. The molecule has 1 saturated heterocycles. The Labute approximate surface area is 123 Å². The van der Waals surface area contributed by atoms with Crippen LogP contribution in [0.3, 0.4) is 0 Å². The number of methoxy groups -OCH3 is 1. The fourth-order valence-corrected chi connectivity index (χ4v) is 2.35. The molecule has 1 amide bonds. The first-order valence-electron chi connectivity index (χ1n) is 6.96. The van der Waals surface area contributed by atoms with E-state index in [1.807, 2.05) is 0 Å². The lowest BCUT2D eigenvalue weighted by Gasteiger charge is -2.22. The van der Waals surface area contributed by atoms with Crippen molar-refractivity contribution in [3.8, 4) is 5.75 Å². The lowest BCUT2D eigenvalue weighted by atomic mass is 10.2. The van der Waals surface area contributed by atoms with Crippen LogP contribution >= 0.6 is 0 Å². The Bertz CT molecular complexity index is 538. The first-order chi connectivity index (χ1) is 10.0. The van der Waals surface area contributed by atoms with E-state index in [9.17, 15) is 9.59 Å². The number of hydrogen-bond donors (Lipinski definition) is 1. The van der Waals surface area contributed by atoms with Gasteiger partial charge in [0.25, 0.3) is 5.91 Å². The summed E-state index contributed by atoms with van der Waals surface area (Å²) in [5, 5.41) is 0. The van der Waals surface area contributed by atoms with E-state index in [1.54, 1.807) is 17.9 Å². The zero-order valence-corrected chi connectivity index (χ0v) is 12.3. The van der Waals surface area contributed by atoms with Gasteiger partial charge in [-0.05, 0) is 31.9 Å². The quantitative estimate of drug-likeness (QED) is 0.671. The molecule has 114 valence electrons. The summed E-state index contributed by atoms with van der Waals surface area (Å²) in [7, 11) is 1.29. The van der Waals surface area contributed by atoms with E-state index in [0.717, 1.165) is 25.9 Å². The number of nitrogen functional groups attached to an aromatic ring is 1. The van der Waals surface area contributed by atoms with E-state index in [0.29, 0.717) is 5.69 Å². The summed E-state index contributed by atoms with van der Waals surface area (Å²) in [6.45, 7) is 3.19. The van der Waals surface area contributed by atoms with Gasteiger partial charge in [0.05, 0.1) is 7.11 Å². The number of anilines is 1. The molecule has 1 fully saturated rings. The van der Waals surface area contributed by atoms with Crippen LogP contribution in [-0.4, -0.2) is 43.1 Å².